The molecule has 2 saturated heterocycles. The first-order chi connectivity index (χ1) is 13.1. The molecule has 1 atom stereocenters. The molecule has 0 saturated carbocycles. The van der Waals surface area contributed by atoms with Gasteiger partial charge in [-0.2, -0.15) is 0 Å². The molecule has 144 valence electrons. The first kappa shape index (κ1) is 18.6. The predicted octanol–water partition coefficient (Wildman–Crippen LogP) is 2.97. The molecule has 2 aliphatic rings. The van der Waals surface area contributed by atoms with E-state index in [0.29, 0.717) is 13.1 Å². The number of carbonyl (C=O) groups excluding carboxylic acids is 1. The molecule has 4 rings (SSSR count). The van der Waals surface area contributed by atoms with Crippen molar-refractivity contribution in [3.63, 3.8) is 0 Å². The Morgan fingerprint density at radius 1 is 1.26 bits per heavy atom. The number of hydrogen-bond donors (Lipinski definition) is 0. The Morgan fingerprint density at radius 2 is 2.04 bits per heavy atom. The number of aromatic nitrogens is 1. The summed E-state index contributed by atoms with van der Waals surface area (Å²) in [6, 6.07) is 10.7. The Bertz CT molecular complexity index is 742. The van der Waals surface area contributed by atoms with Gasteiger partial charge in [0.25, 0.3) is 5.91 Å². The number of carbonyl (C=O) groups is 1. The Labute approximate surface area is 165 Å². The number of morpholine rings is 1. The fourth-order valence-corrected chi connectivity index (χ4v) is 4.79. The summed E-state index contributed by atoms with van der Waals surface area (Å²) in [6.07, 6.45) is 4.55. The zero-order chi connectivity index (χ0) is 18.7. The van der Waals surface area contributed by atoms with Crippen LogP contribution in [0.1, 0.15) is 30.2 Å². The van der Waals surface area contributed by atoms with Gasteiger partial charge in [0, 0.05) is 30.7 Å². The van der Waals surface area contributed by atoms with Crippen molar-refractivity contribution < 1.29 is 9.53 Å². The Balaban J connectivity index is 1.34. The topological polar surface area (TPSA) is 45.7 Å². The van der Waals surface area contributed by atoms with E-state index in [1.54, 1.807) is 11.3 Å². The standard InChI is InChI=1S/C21H27N3O2S/c1-17-20(25)24(14-19-13-22-16-27-19)15-21(26-17)8-11-23(12-9-21)10-7-18-5-3-2-4-6-18/h2-6,13,16-17H,7-12,14-15H2,1H3. The number of benzene rings is 1. The van der Waals surface area contributed by atoms with Crippen LogP contribution < -0.4 is 0 Å². The number of nitrogens with zero attached hydrogens (tertiary/aromatic N) is 3. The highest BCUT2D eigenvalue weighted by atomic mass is 32.1. The molecule has 0 radical (unpaired) electrons. The van der Waals surface area contributed by atoms with Gasteiger partial charge in [0.15, 0.2) is 0 Å². The fourth-order valence-electron chi connectivity index (χ4n) is 4.18. The van der Waals surface area contributed by atoms with Crippen LogP contribution in [-0.4, -0.2) is 58.6 Å². The van der Waals surface area contributed by atoms with Crippen LogP contribution in [0.3, 0.4) is 0 Å². The zero-order valence-corrected chi connectivity index (χ0v) is 16.7. The first-order valence-electron chi connectivity index (χ1n) is 9.74. The molecule has 2 fully saturated rings. The van der Waals surface area contributed by atoms with Gasteiger partial charge in [-0.25, -0.2) is 0 Å². The van der Waals surface area contributed by atoms with Gasteiger partial charge in [-0.1, -0.05) is 30.3 Å². The lowest BCUT2D eigenvalue weighted by Gasteiger charge is -2.49. The highest BCUT2D eigenvalue weighted by Crippen LogP contribution is 2.33. The number of likely N-dealkylation sites (tertiary alicyclic amines) is 1. The van der Waals surface area contributed by atoms with Crippen LogP contribution in [0.4, 0.5) is 0 Å². The number of ether oxygens (including phenoxy) is 1. The summed E-state index contributed by atoms with van der Waals surface area (Å²) in [7, 11) is 0. The van der Waals surface area contributed by atoms with E-state index in [9.17, 15) is 4.79 Å². The van der Waals surface area contributed by atoms with Crippen molar-refractivity contribution in [1.29, 1.82) is 0 Å². The molecule has 0 aliphatic carbocycles. The number of amides is 1. The van der Waals surface area contributed by atoms with Crippen molar-refractivity contribution >= 4 is 17.2 Å². The summed E-state index contributed by atoms with van der Waals surface area (Å²) in [4.78, 5) is 22.3. The summed E-state index contributed by atoms with van der Waals surface area (Å²) in [6.45, 7) is 6.38. The van der Waals surface area contributed by atoms with Gasteiger partial charge >= 0.3 is 0 Å². The van der Waals surface area contributed by atoms with Crippen LogP contribution in [-0.2, 0) is 22.5 Å². The van der Waals surface area contributed by atoms with Crippen molar-refractivity contribution in [3.05, 3.63) is 52.5 Å². The largest absolute Gasteiger partial charge is 0.360 e. The van der Waals surface area contributed by atoms with Crippen molar-refractivity contribution in [2.45, 2.75) is 44.4 Å². The van der Waals surface area contributed by atoms with Gasteiger partial charge in [0.2, 0.25) is 0 Å². The van der Waals surface area contributed by atoms with Crippen LogP contribution in [0.5, 0.6) is 0 Å². The summed E-state index contributed by atoms with van der Waals surface area (Å²) in [5, 5.41) is 0. The molecule has 2 aromatic rings. The maximum Gasteiger partial charge on any atom is 0.251 e. The van der Waals surface area contributed by atoms with E-state index in [0.717, 1.165) is 43.8 Å². The maximum absolute atomic E-state index is 12.6. The van der Waals surface area contributed by atoms with E-state index < -0.39 is 0 Å². The average molecular weight is 386 g/mol. The molecule has 27 heavy (non-hydrogen) atoms. The second-order valence-electron chi connectivity index (χ2n) is 7.68. The zero-order valence-electron chi connectivity index (χ0n) is 15.8. The molecule has 6 heteroatoms. The minimum absolute atomic E-state index is 0.0977. The molecular weight excluding hydrogens is 358 g/mol. The smallest absolute Gasteiger partial charge is 0.251 e. The number of thiazole rings is 1. The van der Waals surface area contributed by atoms with E-state index in [1.165, 1.54) is 5.56 Å². The van der Waals surface area contributed by atoms with Crippen LogP contribution in [0.2, 0.25) is 0 Å². The van der Waals surface area contributed by atoms with Crippen molar-refractivity contribution in [2.75, 3.05) is 26.2 Å². The molecule has 5 nitrogen and oxygen atoms in total. The molecule has 1 spiro atoms. The normalized spacial score (nSPS) is 23.1. The highest BCUT2D eigenvalue weighted by Gasteiger charge is 2.45. The van der Waals surface area contributed by atoms with Gasteiger partial charge in [-0.3, -0.25) is 9.78 Å². The minimum atomic E-state index is -0.359. The van der Waals surface area contributed by atoms with Gasteiger partial charge in [-0.15, -0.1) is 11.3 Å². The SMILES string of the molecule is CC1OC2(CCN(CCc3ccccc3)CC2)CN(Cc2cncs2)C1=O. The summed E-state index contributed by atoms with van der Waals surface area (Å²) in [5.74, 6) is 0.0977. The molecule has 0 N–H and O–H groups in total. The third kappa shape index (κ3) is 4.39. The van der Waals surface area contributed by atoms with Crippen LogP contribution in [0, 0.1) is 0 Å². The lowest BCUT2D eigenvalue weighted by molar-refractivity contribution is -0.190. The second-order valence-corrected chi connectivity index (χ2v) is 8.65. The molecule has 3 heterocycles. The monoisotopic (exact) mass is 385 g/mol. The lowest BCUT2D eigenvalue weighted by atomic mass is 9.88. The average Bonchev–Trinajstić information content (AvgIpc) is 3.19. The van der Waals surface area contributed by atoms with Gasteiger partial charge in [0.1, 0.15) is 6.10 Å². The molecule has 1 aromatic carbocycles. The molecule has 1 unspecified atom stereocenters. The van der Waals surface area contributed by atoms with E-state index in [1.807, 2.05) is 23.5 Å². The fraction of sp³-hybridized carbons (Fsp3) is 0.524. The minimum Gasteiger partial charge on any atom is -0.360 e. The van der Waals surface area contributed by atoms with E-state index in [2.05, 4.69) is 40.2 Å². The Hall–Kier alpha value is -1.76. The number of piperidine rings is 1. The predicted molar refractivity (Wildman–Crippen MR) is 107 cm³/mol. The highest BCUT2D eigenvalue weighted by molar-refractivity contribution is 7.09. The summed E-state index contributed by atoms with van der Waals surface area (Å²) in [5.41, 5.74) is 3.02. The van der Waals surface area contributed by atoms with Crippen molar-refractivity contribution in [2.24, 2.45) is 0 Å². The summed E-state index contributed by atoms with van der Waals surface area (Å²) >= 11 is 1.61. The van der Waals surface area contributed by atoms with Crippen molar-refractivity contribution in [3.8, 4) is 0 Å². The van der Waals surface area contributed by atoms with E-state index in [4.69, 9.17) is 4.74 Å². The number of hydrogen-bond acceptors (Lipinski definition) is 5. The van der Waals surface area contributed by atoms with Crippen LogP contribution in [0.15, 0.2) is 42.0 Å². The van der Waals surface area contributed by atoms with E-state index in [-0.39, 0.29) is 17.6 Å². The first-order valence-corrected chi connectivity index (χ1v) is 10.6. The van der Waals surface area contributed by atoms with Gasteiger partial charge < -0.3 is 14.5 Å². The second kappa shape index (κ2) is 8.09. The third-order valence-electron chi connectivity index (χ3n) is 5.72. The Kier molecular flexibility index (Phi) is 5.57. The molecule has 1 aromatic heterocycles. The molecule has 0 bridgehead atoms. The van der Waals surface area contributed by atoms with Gasteiger partial charge in [-0.05, 0) is 31.7 Å². The Morgan fingerprint density at radius 3 is 2.74 bits per heavy atom. The number of rotatable bonds is 5. The lowest BCUT2D eigenvalue weighted by Crippen LogP contribution is -2.61. The van der Waals surface area contributed by atoms with Gasteiger partial charge in [0.05, 0.1) is 24.2 Å². The maximum atomic E-state index is 12.6. The molecule has 2 aliphatic heterocycles. The molecule has 1 amide bonds. The summed E-state index contributed by atoms with van der Waals surface area (Å²) < 4.78 is 6.26. The molecular formula is C21H27N3O2S. The third-order valence-corrected chi connectivity index (χ3v) is 6.49. The van der Waals surface area contributed by atoms with Crippen molar-refractivity contribution in [1.82, 2.24) is 14.8 Å². The van der Waals surface area contributed by atoms with Crippen LogP contribution >= 0.6 is 11.3 Å². The quantitative estimate of drug-likeness (QED) is 0.794. The van der Waals surface area contributed by atoms with E-state index >= 15 is 0 Å². The van der Waals surface area contributed by atoms with Crippen LogP contribution in [0.25, 0.3) is 0 Å².